The molecule has 3 unspecified atom stereocenters. The molecular formula is C30H33BrF5NOSi. The van der Waals surface area contributed by atoms with Gasteiger partial charge in [-0.15, -0.1) is 0 Å². The predicted octanol–water partition coefficient (Wildman–Crippen LogP) is 9.68. The number of alkyl halides is 5. The van der Waals surface area contributed by atoms with Crippen molar-refractivity contribution in [1.29, 1.82) is 0 Å². The van der Waals surface area contributed by atoms with Gasteiger partial charge in [-0.1, -0.05) is 74.8 Å². The largest absolute Gasteiger partial charge is 0.416 e. The van der Waals surface area contributed by atoms with Crippen LogP contribution in [-0.2, 0) is 10.6 Å². The summed E-state index contributed by atoms with van der Waals surface area (Å²) in [6.45, 7) is 10.2. The Balaban J connectivity index is 2.00. The molecule has 0 spiro atoms. The number of benzene rings is 2. The number of nitrogens with zero attached hydrogens (tertiary/aromatic N) is 1. The van der Waals surface area contributed by atoms with Crippen molar-refractivity contribution in [2.75, 3.05) is 0 Å². The summed E-state index contributed by atoms with van der Waals surface area (Å²) in [5, 5.41) is 0.0262. The van der Waals surface area contributed by atoms with Crippen molar-refractivity contribution in [2.24, 2.45) is 0 Å². The Hall–Kier alpha value is -2.10. The number of rotatable bonds is 6. The molecule has 2 aromatic carbocycles. The van der Waals surface area contributed by atoms with Gasteiger partial charge < -0.3 is 4.43 Å². The Bertz CT molecular complexity index is 1300. The minimum absolute atomic E-state index is 0.0262. The van der Waals surface area contributed by atoms with Crippen molar-refractivity contribution in [3.63, 3.8) is 0 Å². The second-order valence-corrected chi connectivity index (χ2v) is 15.5. The van der Waals surface area contributed by atoms with Crippen molar-refractivity contribution < 1.29 is 26.4 Å². The van der Waals surface area contributed by atoms with Gasteiger partial charge in [-0.2, -0.15) is 13.2 Å². The lowest BCUT2D eigenvalue weighted by molar-refractivity contribution is -0.137. The maximum Gasteiger partial charge on any atom is 0.416 e. The van der Waals surface area contributed by atoms with E-state index in [4.69, 9.17) is 9.41 Å². The molecule has 3 aromatic rings. The van der Waals surface area contributed by atoms with Crippen LogP contribution in [0.15, 0.2) is 48.5 Å². The van der Waals surface area contributed by atoms with E-state index in [9.17, 15) is 17.6 Å². The van der Waals surface area contributed by atoms with Crippen LogP contribution in [0, 0.1) is 5.82 Å². The maximum absolute atomic E-state index is 16.7. The van der Waals surface area contributed by atoms with Gasteiger partial charge in [0.05, 0.1) is 27.9 Å². The molecule has 210 valence electrons. The molecule has 0 radical (unpaired) electrons. The SMILES string of the molecule is CC(C)c1nc2c(c(-c3ccc(F)cc3)c1C(F)c1ccc(C(F)(F)F)cc1)C(O[SiH2]C(C)(C)C)CCC2Br. The van der Waals surface area contributed by atoms with Crippen LogP contribution >= 0.6 is 15.9 Å². The van der Waals surface area contributed by atoms with E-state index >= 15 is 4.39 Å². The molecule has 0 bridgehead atoms. The molecule has 9 heteroatoms. The van der Waals surface area contributed by atoms with Gasteiger partial charge in [0.2, 0.25) is 0 Å². The van der Waals surface area contributed by atoms with Gasteiger partial charge >= 0.3 is 6.18 Å². The Morgan fingerprint density at radius 3 is 2.13 bits per heavy atom. The minimum atomic E-state index is -4.52. The van der Waals surface area contributed by atoms with Crippen LogP contribution in [-0.4, -0.2) is 14.7 Å². The molecule has 1 aliphatic carbocycles. The van der Waals surface area contributed by atoms with Gasteiger partial charge in [-0.3, -0.25) is 4.98 Å². The highest BCUT2D eigenvalue weighted by atomic mass is 79.9. The summed E-state index contributed by atoms with van der Waals surface area (Å²) in [6, 6.07) is 10.1. The smallest absolute Gasteiger partial charge is 0.416 e. The summed E-state index contributed by atoms with van der Waals surface area (Å²) < 4.78 is 76.8. The topological polar surface area (TPSA) is 22.1 Å². The molecular weight excluding hydrogens is 593 g/mol. The van der Waals surface area contributed by atoms with Crippen LogP contribution in [0.2, 0.25) is 5.04 Å². The maximum atomic E-state index is 16.7. The van der Waals surface area contributed by atoms with Gasteiger partial charge in [0.15, 0.2) is 15.9 Å². The van der Waals surface area contributed by atoms with E-state index in [0.29, 0.717) is 28.8 Å². The third kappa shape index (κ3) is 6.63. The average Bonchev–Trinajstić information content (AvgIpc) is 2.86. The molecule has 2 nitrogen and oxygen atoms in total. The number of pyridine rings is 1. The number of halogens is 6. The lowest BCUT2D eigenvalue weighted by atomic mass is 9.80. The summed E-state index contributed by atoms with van der Waals surface area (Å²) >= 11 is 3.77. The van der Waals surface area contributed by atoms with Crippen molar-refractivity contribution in [3.05, 3.63) is 88.0 Å². The first kappa shape index (κ1) is 29.9. The highest BCUT2D eigenvalue weighted by Crippen LogP contribution is 2.51. The zero-order chi connectivity index (χ0) is 28.7. The molecule has 0 N–H and O–H groups in total. The third-order valence-electron chi connectivity index (χ3n) is 6.81. The average molecular weight is 627 g/mol. The number of hydrogen-bond acceptors (Lipinski definition) is 2. The van der Waals surface area contributed by atoms with Gasteiger partial charge in [0.1, 0.15) is 5.82 Å². The normalized spacial score (nSPS) is 19.1. The van der Waals surface area contributed by atoms with Crippen LogP contribution in [0.5, 0.6) is 0 Å². The van der Waals surface area contributed by atoms with E-state index < -0.39 is 33.5 Å². The minimum Gasteiger partial charge on any atom is -0.416 e. The lowest BCUT2D eigenvalue weighted by Crippen LogP contribution is -2.24. The lowest BCUT2D eigenvalue weighted by Gasteiger charge is -2.35. The van der Waals surface area contributed by atoms with Crippen molar-refractivity contribution in [3.8, 4) is 11.1 Å². The first-order valence-electron chi connectivity index (χ1n) is 13.1. The molecule has 0 saturated carbocycles. The Morgan fingerprint density at radius 2 is 1.59 bits per heavy atom. The van der Waals surface area contributed by atoms with Crippen LogP contribution in [0.4, 0.5) is 22.0 Å². The van der Waals surface area contributed by atoms with Crippen LogP contribution in [0.25, 0.3) is 11.1 Å². The Morgan fingerprint density at radius 1 is 0.974 bits per heavy atom. The van der Waals surface area contributed by atoms with Crippen molar-refractivity contribution in [2.45, 2.75) is 81.7 Å². The molecule has 0 saturated heterocycles. The molecule has 0 amide bonds. The molecule has 3 atom stereocenters. The first-order chi connectivity index (χ1) is 18.2. The fourth-order valence-corrected chi connectivity index (χ4v) is 6.59. The molecule has 4 rings (SSSR count). The monoisotopic (exact) mass is 625 g/mol. The highest BCUT2D eigenvalue weighted by molar-refractivity contribution is 9.09. The van der Waals surface area contributed by atoms with E-state index in [2.05, 4.69) is 36.7 Å². The van der Waals surface area contributed by atoms with E-state index in [0.717, 1.165) is 29.8 Å². The van der Waals surface area contributed by atoms with E-state index in [1.54, 1.807) is 12.1 Å². The summed E-state index contributed by atoms with van der Waals surface area (Å²) in [5.74, 6) is -0.597. The standard InChI is InChI=1S/C30H33BrF5NOSi/c1-16(2)27-25(26(33)18-6-10-19(11-7-18)30(34,35)36)23(17-8-12-20(32)13-9-17)24-22(38-39-29(3,4)5)15-14-21(31)28(24)37-27/h6-13,16,21-22,26H,14-15,39H2,1-5H3. The summed E-state index contributed by atoms with van der Waals surface area (Å²) in [5.41, 5.74) is 2.85. The zero-order valence-electron chi connectivity index (χ0n) is 22.7. The Kier molecular flexibility index (Phi) is 8.74. The number of aromatic nitrogens is 1. The summed E-state index contributed by atoms with van der Waals surface area (Å²) in [7, 11) is -0.983. The van der Waals surface area contributed by atoms with Crippen LogP contribution in [0.3, 0.4) is 0 Å². The Labute approximate surface area is 237 Å². The summed E-state index contributed by atoms with van der Waals surface area (Å²) in [6.07, 6.45) is -5.08. The fourth-order valence-electron chi connectivity index (χ4n) is 4.94. The second kappa shape index (κ2) is 11.4. The molecule has 0 aliphatic heterocycles. The van der Waals surface area contributed by atoms with E-state index in [1.165, 1.54) is 24.3 Å². The highest BCUT2D eigenvalue weighted by Gasteiger charge is 2.37. The second-order valence-electron chi connectivity index (χ2n) is 11.6. The third-order valence-corrected chi connectivity index (χ3v) is 9.14. The quantitative estimate of drug-likeness (QED) is 0.154. The van der Waals surface area contributed by atoms with Crippen molar-refractivity contribution >= 4 is 25.7 Å². The van der Waals surface area contributed by atoms with Gasteiger partial charge in [0.25, 0.3) is 0 Å². The van der Waals surface area contributed by atoms with Gasteiger partial charge in [0, 0.05) is 11.1 Å². The molecule has 1 aliphatic rings. The zero-order valence-corrected chi connectivity index (χ0v) is 25.7. The van der Waals surface area contributed by atoms with Gasteiger partial charge in [-0.05, 0) is 64.8 Å². The predicted molar refractivity (Wildman–Crippen MR) is 151 cm³/mol. The van der Waals surface area contributed by atoms with Gasteiger partial charge in [-0.25, -0.2) is 8.78 Å². The van der Waals surface area contributed by atoms with Crippen molar-refractivity contribution in [1.82, 2.24) is 4.98 Å². The van der Waals surface area contributed by atoms with Crippen LogP contribution in [0.1, 0.15) is 104 Å². The van der Waals surface area contributed by atoms with E-state index in [-0.39, 0.29) is 27.5 Å². The molecule has 1 heterocycles. The summed E-state index contributed by atoms with van der Waals surface area (Å²) in [4.78, 5) is 4.92. The number of hydrogen-bond donors (Lipinski definition) is 0. The molecule has 1 aromatic heterocycles. The number of fused-ring (bicyclic) bond motifs is 1. The molecule has 0 fully saturated rings. The van der Waals surface area contributed by atoms with E-state index in [1.807, 2.05) is 13.8 Å². The first-order valence-corrected chi connectivity index (χ1v) is 15.3. The van der Waals surface area contributed by atoms with Crippen LogP contribution < -0.4 is 0 Å². The fraction of sp³-hybridized carbons (Fsp3) is 0.433. The molecule has 39 heavy (non-hydrogen) atoms.